The van der Waals surface area contributed by atoms with Crippen molar-refractivity contribution in [2.75, 3.05) is 27.3 Å². The molecule has 0 radical (unpaired) electrons. The van der Waals surface area contributed by atoms with Crippen LogP contribution >= 0.6 is 0 Å². The van der Waals surface area contributed by atoms with Crippen LogP contribution in [0.15, 0.2) is 24.3 Å². The predicted molar refractivity (Wildman–Crippen MR) is 212 cm³/mol. The first kappa shape index (κ1) is 43.3. The Morgan fingerprint density at radius 3 is 1.38 bits per heavy atom. The number of aliphatic hydroxyl groups excluding tert-OH is 2. The fourth-order valence-corrected chi connectivity index (χ4v) is 7.37. The SMILES string of the molecule is COC(=O)NC(C(=O)N1CC(C)CC1c1nc(CO)c(C#Cc2ccc(C#Cc3[nH]c(C4CC(C)CN4C(=O)C(NC(=O)OC)C(C)C)nc3CO)cc2)[nH]1)C(C)C. The zero-order valence-corrected chi connectivity index (χ0v) is 34.3. The normalized spacial score (nSPS) is 19.9. The second-order valence-corrected chi connectivity index (χ2v) is 15.7. The largest absolute Gasteiger partial charge is 0.453 e. The number of alkyl carbamates (subject to hydrolysis) is 2. The van der Waals surface area contributed by atoms with Crippen molar-refractivity contribution in [3.8, 4) is 23.7 Å². The van der Waals surface area contributed by atoms with E-state index in [-0.39, 0.29) is 48.7 Å². The molecule has 5 rings (SSSR count). The molecule has 16 nitrogen and oxygen atoms in total. The second kappa shape index (κ2) is 19.1. The highest BCUT2D eigenvalue weighted by Crippen LogP contribution is 2.37. The summed E-state index contributed by atoms with van der Waals surface area (Å²) < 4.78 is 9.49. The van der Waals surface area contributed by atoms with Crippen LogP contribution in [0.4, 0.5) is 9.59 Å². The van der Waals surface area contributed by atoms with E-state index in [2.05, 4.69) is 54.3 Å². The molecule has 6 N–H and O–H groups in total. The number of aromatic nitrogens is 4. The number of ether oxygens (including phenoxy) is 2. The zero-order chi connectivity index (χ0) is 42.3. The minimum Gasteiger partial charge on any atom is -0.453 e. The van der Waals surface area contributed by atoms with Crippen LogP contribution in [0.1, 0.15) is 112 Å². The highest BCUT2D eigenvalue weighted by Gasteiger charge is 2.42. The maximum Gasteiger partial charge on any atom is 0.407 e. The lowest BCUT2D eigenvalue weighted by Gasteiger charge is -2.30. The van der Waals surface area contributed by atoms with Crippen molar-refractivity contribution in [2.24, 2.45) is 23.7 Å². The Morgan fingerprint density at radius 2 is 1.07 bits per heavy atom. The molecular weight excluding hydrogens is 745 g/mol. The van der Waals surface area contributed by atoms with Gasteiger partial charge >= 0.3 is 12.2 Å². The number of likely N-dealkylation sites (tertiary alicyclic amines) is 2. The molecule has 2 fully saturated rings. The average molecular weight is 799 g/mol. The summed E-state index contributed by atoms with van der Waals surface area (Å²) in [4.78, 5) is 70.5. The monoisotopic (exact) mass is 798 g/mol. The number of aromatic amines is 2. The van der Waals surface area contributed by atoms with Gasteiger partial charge < -0.3 is 50.1 Å². The maximum absolute atomic E-state index is 13.7. The molecule has 2 aromatic heterocycles. The Balaban J connectivity index is 1.31. The smallest absolute Gasteiger partial charge is 0.407 e. The van der Waals surface area contributed by atoms with Crippen molar-refractivity contribution in [2.45, 2.75) is 91.8 Å². The van der Waals surface area contributed by atoms with Gasteiger partial charge in [-0.1, -0.05) is 53.4 Å². The van der Waals surface area contributed by atoms with Crippen LogP contribution in [-0.2, 0) is 32.3 Å². The number of rotatable bonds is 10. The lowest BCUT2D eigenvalue weighted by Crippen LogP contribution is -2.51. The number of nitrogens with one attached hydrogen (secondary N) is 4. The van der Waals surface area contributed by atoms with Crippen LogP contribution in [0.2, 0.25) is 0 Å². The molecule has 16 heteroatoms. The van der Waals surface area contributed by atoms with Crippen LogP contribution in [0.5, 0.6) is 0 Å². The minimum absolute atomic E-state index is 0.179. The van der Waals surface area contributed by atoms with Crippen molar-refractivity contribution in [3.05, 3.63) is 69.8 Å². The van der Waals surface area contributed by atoms with E-state index in [1.807, 2.05) is 65.8 Å². The minimum atomic E-state index is -0.779. The molecule has 0 bridgehead atoms. The molecule has 58 heavy (non-hydrogen) atoms. The number of nitrogens with zero attached hydrogens (tertiary/aromatic N) is 4. The Labute approximate surface area is 338 Å². The maximum atomic E-state index is 13.7. The number of hydrogen-bond donors (Lipinski definition) is 6. The van der Waals surface area contributed by atoms with E-state index in [9.17, 15) is 29.4 Å². The number of H-pyrrole nitrogens is 2. The van der Waals surface area contributed by atoms with E-state index >= 15 is 0 Å². The van der Waals surface area contributed by atoms with Gasteiger partial charge in [0.1, 0.15) is 46.5 Å². The number of amides is 4. The summed E-state index contributed by atoms with van der Waals surface area (Å²) in [5.74, 6) is 12.9. The third-order valence-corrected chi connectivity index (χ3v) is 10.4. The molecule has 6 unspecified atom stereocenters. The van der Waals surface area contributed by atoms with E-state index < -0.39 is 36.4 Å². The molecule has 2 aliphatic rings. The topological polar surface area (TPSA) is 215 Å². The molecule has 3 aromatic rings. The summed E-state index contributed by atoms with van der Waals surface area (Å²) in [6.45, 7) is 11.8. The summed E-state index contributed by atoms with van der Waals surface area (Å²) in [7, 11) is 2.51. The standard InChI is InChI=1S/C42H54N8O8/c1-23(2)35(47-41(55)57-7)39(53)49-19-25(5)17-33(49)37-43-29(31(21-51)45-37)15-13-27-9-11-28(12-10-27)14-16-30-32(22-52)46-38(44-30)34-18-26(6)20-50(34)40(54)36(24(3)4)48-42(56)58-8/h9-12,23-26,33-36,51-52H,17-22H2,1-8H3,(H,43,45)(H,44,46)(H,47,55)(H,48,56). The van der Waals surface area contributed by atoms with Crippen LogP contribution in [-0.4, -0.2) is 103 Å². The molecule has 2 saturated heterocycles. The lowest BCUT2D eigenvalue weighted by atomic mass is 10.0. The van der Waals surface area contributed by atoms with Crippen LogP contribution in [0.3, 0.4) is 0 Å². The number of carbonyl (C=O) groups is 4. The second-order valence-electron chi connectivity index (χ2n) is 15.7. The van der Waals surface area contributed by atoms with E-state index in [1.54, 1.807) is 9.80 Å². The van der Waals surface area contributed by atoms with Crippen molar-refractivity contribution in [3.63, 3.8) is 0 Å². The summed E-state index contributed by atoms with van der Waals surface area (Å²) in [5, 5.41) is 25.6. The zero-order valence-electron chi connectivity index (χ0n) is 34.3. The fourth-order valence-electron chi connectivity index (χ4n) is 7.37. The fraction of sp³-hybridized carbons (Fsp3) is 0.524. The van der Waals surface area contributed by atoms with Crippen molar-refractivity contribution < 1.29 is 38.9 Å². The number of hydrogen-bond acceptors (Lipinski definition) is 10. The Hall–Kier alpha value is -5.84. The predicted octanol–water partition coefficient (Wildman–Crippen LogP) is 3.50. The van der Waals surface area contributed by atoms with E-state index in [4.69, 9.17) is 9.47 Å². The first-order valence-electron chi connectivity index (χ1n) is 19.5. The molecular formula is C42H54N8O8. The van der Waals surface area contributed by atoms with Gasteiger partial charge in [0.25, 0.3) is 0 Å². The van der Waals surface area contributed by atoms with Gasteiger partial charge in [-0.2, -0.15) is 0 Å². The first-order chi connectivity index (χ1) is 27.7. The Morgan fingerprint density at radius 1 is 0.707 bits per heavy atom. The quantitative estimate of drug-likeness (QED) is 0.164. The van der Waals surface area contributed by atoms with Crippen LogP contribution in [0.25, 0.3) is 0 Å². The summed E-state index contributed by atoms with van der Waals surface area (Å²) >= 11 is 0. The molecule has 6 atom stereocenters. The van der Waals surface area contributed by atoms with E-state index in [1.165, 1.54) is 14.2 Å². The van der Waals surface area contributed by atoms with Crippen molar-refractivity contribution in [1.29, 1.82) is 0 Å². The molecule has 0 aliphatic carbocycles. The Kier molecular flexibility index (Phi) is 14.2. The number of aliphatic hydroxyl groups is 2. The molecule has 4 heterocycles. The van der Waals surface area contributed by atoms with E-state index in [0.29, 0.717) is 71.5 Å². The van der Waals surface area contributed by atoms with Crippen molar-refractivity contribution in [1.82, 2.24) is 40.4 Å². The molecule has 0 saturated carbocycles. The average Bonchev–Trinajstić information content (AvgIpc) is 4.01. The van der Waals surface area contributed by atoms with E-state index in [0.717, 1.165) is 0 Å². The van der Waals surface area contributed by atoms with Gasteiger partial charge in [-0.3, -0.25) is 9.59 Å². The summed E-state index contributed by atoms with van der Waals surface area (Å²) in [6.07, 6.45) is -0.0616. The van der Waals surface area contributed by atoms with Gasteiger partial charge in [0.2, 0.25) is 11.8 Å². The number of carbonyl (C=O) groups excluding carboxylic acids is 4. The van der Waals surface area contributed by atoms with Crippen LogP contribution < -0.4 is 10.6 Å². The number of methoxy groups -OCH3 is 2. The molecule has 0 spiro atoms. The van der Waals surface area contributed by atoms with Gasteiger partial charge in [-0.05, 0) is 72.6 Å². The molecule has 1 aromatic carbocycles. The van der Waals surface area contributed by atoms with Gasteiger partial charge in [0, 0.05) is 24.2 Å². The van der Waals surface area contributed by atoms with Gasteiger partial charge in [-0.15, -0.1) is 0 Å². The third-order valence-electron chi connectivity index (χ3n) is 10.4. The molecule has 2 aliphatic heterocycles. The number of imidazole rings is 2. The molecule has 4 amide bonds. The number of benzene rings is 1. The summed E-state index contributed by atoms with van der Waals surface area (Å²) in [6, 6.07) is 4.91. The molecule has 310 valence electrons. The van der Waals surface area contributed by atoms with Gasteiger partial charge in [0.05, 0.1) is 39.5 Å². The van der Waals surface area contributed by atoms with Crippen LogP contribution in [0, 0.1) is 47.4 Å². The highest BCUT2D eigenvalue weighted by molar-refractivity contribution is 5.87. The van der Waals surface area contributed by atoms with Gasteiger partial charge in [-0.25, -0.2) is 19.6 Å². The third kappa shape index (κ3) is 9.99. The summed E-state index contributed by atoms with van der Waals surface area (Å²) in [5.41, 5.74) is 2.97. The van der Waals surface area contributed by atoms with Crippen molar-refractivity contribution >= 4 is 24.0 Å². The first-order valence-corrected chi connectivity index (χ1v) is 19.5. The lowest BCUT2D eigenvalue weighted by molar-refractivity contribution is -0.136. The Bertz CT molecular complexity index is 1940. The highest BCUT2D eigenvalue weighted by atomic mass is 16.5. The van der Waals surface area contributed by atoms with Gasteiger partial charge in [0.15, 0.2) is 0 Å².